The topological polar surface area (TPSA) is 40.5 Å². The number of carboxylic acids is 1. The van der Waals surface area contributed by atoms with Crippen LogP contribution in [0.2, 0.25) is 0 Å². The molecule has 1 atom stereocenters. The molecule has 0 bridgehead atoms. The summed E-state index contributed by atoms with van der Waals surface area (Å²) < 4.78 is 0. The largest absolute Gasteiger partial charge is 0.480 e. The molecule has 0 heterocycles. The van der Waals surface area contributed by atoms with Crippen molar-refractivity contribution in [3.05, 3.63) is 0 Å². The minimum atomic E-state index is -0.727. The summed E-state index contributed by atoms with van der Waals surface area (Å²) in [7, 11) is 1.91. The summed E-state index contributed by atoms with van der Waals surface area (Å²) in [6, 6.07) is 0.357. The van der Waals surface area contributed by atoms with E-state index in [1.807, 2.05) is 18.9 Å². The molecule has 0 amide bonds. The number of hydrogen-bond donors (Lipinski definition) is 1. The Morgan fingerprint density at radius 3 is 2.00 bits per heavy atom. The van der Waals surface area contributed by atoms with E-state index in [1.165, 1.54) is 0 Å². The van der Waals surface area contributed by atoms with E-state index in [0.717, 1.165) is 12.8 Å². The van der Waals surface area contributed by atoms with Crippen molar-refractivity contribution in [2.24, 2.45) is 0 Å². The fraction of sp³-hybridized carbons (Fsp3) is 0.909. The molecule has 0 aliphatic heterocycles. The maximum atomic E-state index is 11.2. The summed E-state index contributed by atoms with van der Waals surface area (Å²) in [5.41, 5.74) is -0.726. The number of rotatable bonds is 6. The van der Waals surface area contributed by atoms with Crippen LogP contribution in [0.25, 0.3) is 0 Å². The Kier molecular flexibility index (Phi) is 5.13. The lowest BCUT2D eigenvalue weighted by Crippen LogP contribution is -2.54. The molecular formula is C11H23NO2. The lowest BCUT2D eigenvalue weighted by Gasteiger charge is -2.39. The highest BCUT2D eigenvalue weighted by atomic mass is 16.4. The fourth-order valence-corrected chi connectivity index (χ4v) is 1.79. The molecule has 1 unspecified atom stereocenters. The highest BCUT2D eigenvalue weighted by Crippen LogP contribution is 2.23. The number of likely N-dealkylation sites (N-methyl/N-ethyl adjacent to an activating group) is 1. The summed E-state index contributed by atoms with van der Waals surface area (Å²) >= 11 is 0. The maximum absolute atomic E-state index is 11.2. The molecule has 3 nitrogen and oxygen atoms in total. The first-order valence-corrected chi connectivity index (χ1v) is 5.40. The second kappa shape index (κ2) is 5.35. The van der Waals surface area contributed by atoms with Crippen LogP contribution in [-0.4, -0.2) is 34.6 Å². The standard InChI is InChI=1S/C11H23NO2/c1-6-9(7-2)12(5)11(4,8-3)10(13)14/h9H,6-8H2,1-5H3,(H,13,14). The SMILES string of the molecule is CCC(CC)N(C)C(C)(CC)C(=O)O. The van der Waals surface area contributed by atoms with Gasteiger partial charge < -0.3 is 5.11 Å². The first kappa shape index (κ1) is 13.4. The number of hydrogen-bond acceptors (Lipinski definition) is 2. The van der Waals surface area contributed by atoms with Crippen LogP contribution in [0.1, 0.15) is 47.0 Å². The van der Waals surface area contributed by atoms with Gasteiger partial charge in [-0.3, -0.25) is 9.69 Å². The third kappa shape index (κ3) is 2.47. The summed E-state index contributed by atoms with van der Waals surface area (Å²) in [6.45, 7) is 7.92. The molecule has 0 fully saturated rings. The lowest BCUT2D eigenvalue weighted by molar-refractivity contribution is -0.151. The van der Waals surface area contributed by atoms with E-state index in [4.69, 9.17) is 0 Å². The Hall–Kier alpha value is -0.570. The van der Waals surface area contributed by atoms with Crippen LogP contribution >= 0.6 is 0 Å². The van der Waals surface area contributed by atoms with Crippen molar-refractivity contribution in [3.63, 3.8) is 0 Å². The average Bonchev–Trinajstić information content (AvgIpc) is 2.17. The van der Waals surface area contributed by atoms with Crippen molar-refractivity contribution in [2.45, 2.75) is 58.5 Å². The van der Waals surface area contributed by atoms with Gasteiger partial charge >= 0.3 is 5.97 Å². The molecular weight excluding hydrogens is 178 g/mol. The highest BCUT2D eigenvalue weighted by Gasteiger charge is 2.37. The Morgan fingerprint density at radius 2 is 1.79 bits per heavy atom. The summed E-state index contributed by atoms with van der Waals surface area (Å²) in [6.07, 6.45) is 2.63. The number of carboxylic acid groups (broad SMARTS) is 1. The second-order valence-electron chi connectivity index (χ2n) is 4.01. The maximum Gasteiger partial charge on any atom is 0.323 e. The van der Waals surface area contributed by atoms with Crippen LogP contribution in [0, 0.1) is 0 Å². The van der Waals surface area contributed by atoms with Gasteiger partial charge in [-0.25, -0.2) is 0 Å². The van der Waals surface area contributed by atoms with Gasteiger partial charge in [0.2, 0.25) is 0 Å². The van der Waals surface area contributed by atoms with Gasteiger partial charge in [0.25, 0.3) is 0 Å². The third-order valence-electron chi connectivity index (χ3n) is 3.42. The molecule has 3 heteroatoms. The van der Waals surface area contributed by atoms with Gasteiger partial charge in [0.05, 0.1) is 0 Å². The zero-order valence-electron chi connectivity index (χ0n) is 10.0. The third-order valence-corrected chi connectivity index (χ3v) is 3.42. The van der Waals surface area contributed by atoms with E-state index in [-0.39, 0.29) is 0 Å². The molecule has 0 saturated heterocycles. The molecule has 0 aromatic carbocycles. The molecule has 0 spiro atoms. The van der Waals surface area contributed by atoms with Crippen LogP contribution in [0.15, 0.2) is 0 Å². The van der Waals surface area contributed by atoms with Gasteiger partial charge in [-0.05, 0) is 33.2 Å². The van der Waals surface area contributed by atoms with Gasteiger partial charge in [0, 0.05) is 6.04 Å². The van der Waals surface area contributed by atoms with E-state index in [0.29, 0.717) is 12.5 Å². The van der Waals surface area contributed by atoms with E-state index in [1.54, 1.807) is 6.92 Å². The van der Waals surface area contributed by atoms with Gasteiger partial charge in [-0.2, -0.15) is 0 Å². The van der Waals surface area contributed by atoms with Gasteiger partial charge in [-0.1, -0.05) is 20.8 Å². The predicted octanol–water partition coefficient (Wildman–Crippen LogP) is 2.36. The molecule has 0 rings (SSSR count). The average molecular weight is 201 g/mol. The Morgan fingerprint density at radius 1 is 1.36 bits per heavy atom. The minimum Gasteiger partial charge on any atom is -0.480 e. The van der Waals surface area contributed by atoms with Crippen LogP contribution in [0.3, 0.4) is 0 Å². The Labute approximate surface area is 87.1 Å². The van der Waals surface area contributed by atoms with Crippen molar-refractivity contribution in [3.8, 4) is 0 Å². The second-order valence-corrected chi connectivity index (χ2v) is 4.01. The van der Waals surface area contributed by atoms with Crippen molar-refractivity contribution >= 4 is 5.97 Å². The monoisotopic (exact) mass is 201 g/mol. The van der Waals surface area contributed by atoms with E-state index in [2.05, 4.69) is 13.8 Å². The van der Waals surface area contributed by atoms with Crippen LogP contribution < -0.4 is 0 Å². The molecule has 0 aromatic heterocycles. The Bertz CT molecular complexity index is 190. The molecule has 0 aliphatic carbocycles. The fourth-order valence-electron chi connectivity index (χ4n) is 1.79. The zero-order chi connectivity index (χ0) is 11.4. The summed E-state index contributed by atoms with van der Waals surface area (Å²) in [5, 5.41) is 9.20. The summed E-state index contributed by atoms with van der Waals surface area (Å²) in [5.74, 6) is -0.727. The minimum absolute atomic E-state index is 0.357. The highest BCUT2D eigenvalue weighted by molar-refractivity contribution is 5.78. The Balaban J connectivity index is 4.75. The van der Waals surface area contributed by atoms with Crippen molar-refractivity contribution < 1.29 is 9.90 Å². The number of carbonyl (C=O) groups is 1. The smallest absolute Gasteiger partial charge is 0.323 e. The van der Waals surface area contributed by atoms with Gasteiger partial charge in [0.15, 0.2) is 0 Å². The molecule has 1 N–H and O–H groups in total. The van der Waals surface area contributed by atoms with Crippen molar-refractivity contribution in [2.75, 3.05) is 7.05 Å². The molecule has 0 aromatic rings. The van der Waals surface area contributed by atoms with E-state index < -0.39 is 11.5 Å². The summed E-state index contributed by atoms with van der Waals surface area (Å²) in [4.78, 5) is 13.2. The van der Waals surface area contributed by atoms with Crippen LogP contribution in [-0.2, 0) is 4.79 Å². The van der Waals surface area contributed by atoms with E-state index >= 15 is 0 Å². The van der Waals surface area contributed by atoms with Crippen LogP contribution in [0.4, 0.5) is 0 Å². The van der Waals surface area contributed by atoms with Crippen molar-refractivity contribution in [1.29, 1.82) is 0 Å². The zero-order valence-corrected chi connectivity index (χ0v) is 10.0. The normalized spacial score (nSPS) is 15.9. The molecule has 0 saturated carbocycles. The van der Waals surface area contributed by atoms with E-state index in [9.17, 15) is 9.90 Å². The molecule has 0 aliphatic rings. The number of aliphatic carboxylic acids is 1. The predicted molar refractivity (Wildman–Crippen MR) is 58.5 cm³/mol. The molecule has 14 heavy (non-hydrogen) atoms. The van der Waals surface area contributed by atoms with Gasteiger partial charge in [-0.15, -0.1) is 0 Å². The number of nitrogens with zero attached hydrogens (tertiary/aromatic N) is 1. The molecule has 84 valence electrons. The lowest BCUT2D eigenvalue weighted by atomic mass is 9.94. The van der Waals surface area contributed by atoms with Crippen molar-refractivity contribution in [1.82, 2.24) is 4.90 Å². The quantitative estimate of drug-likeness (QED) is 0.717. The first-order valence-electron chi connectivity index (χ1n) is 5.40. The first-order chi connectivity index (χ1) is 6.43. The van der Waals surface area contributed by atoms with Gasteiger partial charge in [0.1, 0.15) is 5.54 Å². The van der Waals surface area contributed by atoms with Crippen LogP contribution in [0.5, 0.6) is 0 Å². The molecule has 0 radical (unpaired) electrons.